The highest BCUT2D eigenvalue weighted by atomic mass is 28.4. The molecule has 0 fully saturated rings. The van der Waals surface area contributed by atoms with Crippen LogP contribution in [0.4, 0.5) is 0 Å². The van der Waals surface area contributed by atoms with Gasteiger partial charge in [0.15, 0.2) is 8.32 Å². The lowest BCUT2D eigenvalue weighted by Crippen LogP contribution is -2.40. The van der Waals surface area contributed by atoms with E-state index in [2.05, 4.69) is 33.8 Å². The van der Waals surface area contributed by atoms with Crippen LogP contribution in [0.2, 0.25) is 18.1 Å². The molecule has 1 aliphatic rings. The van der Waals surface area contributed by atoms with Gasteiger partial charge in [-0.15, -0.1) is 0 Å². The van der Waals surface area contributed by atoms with Crippen molar-refractivity contribution >= 4 is 8.32 Å². The minimum absolute atomic E-state index is 0.449. The van der Waals surface area contributed by atoms with Crippen LogP contribution in [0.25, 0.3) is 0 Å². The van der Waals surface area contributed by atoms with E-state index in [4.69, 9.17) is 4.43 Å². The summed E-state index contributed by atoms with van der Waals surface area (Å²) in [6.07, 6.45) is 6.63. The van der Waals surface area contributed by atoms with Crippen molar-refractivity contribution in [3.8, 4) is 0 Å². The fourth-order valence-electron chi connectivity index (χ4n) is 2.45. The zero-order valence-corrected chi connectivity index (χ0v) is 11.8. The lowest BCUT2D eigenvalue weighted by atomic mass is 9.98. The van der Waals surface area contributed by atoms with Gasteiger partial charge in [0, 0.05) is 0 Å². The van der Waals surface area contributed by atoms with Crippen molar-refractivity contribution in [3.05, 3.63) is 11.6 Å². The smallest absolute Gasteiger partial charge is 0.192 e. The standard InChI is InChI=1S/C13H26OSi/c1-5-15(6-2,7-3)14-13-11-9-8-10-12(13)4/h10,13H,5-9,11H2,1-4H3/t13-/m1/s1. The first kappa shape index (κ1) is 13.0. The van der Waals surface area contributed by atoms with Gasteiger partial charge in [0.05, 0.1) is 6.10 Å². The Morgan fingerprint density at radius 1 is 1.27 bits per heavy atom. The van der Waals surface area contributed by atoms with Crippen molar-refractivity contribution in [2.75, 3.05) is 0 Å². The number of allylic oxidation sites excluding steroid dienone is 1. The molecule has 0 aromatic rings. The molecule has 1 atom stereocenters. The van der Waals surface area contributed by atoms with Gasteiger partial charge in [-0.3, -0.25) is 0 Å². The van der Waals surface area contributed by atoms with Crippen molar-refractivity contribution in [3.63, 3.8) is 0 Å². The Hall–Kier alpha value is -0.0831. The molecule has 15 heavy (non-hydrogen) atoms. The monoisotopic (exact) mass is 226 g/mol. The summed E-state index contributed by atoms with van der Waals surface area (Å²) in [4.78, 5) is 0. The summed E-state index contributed by atoms with van der Waals surface area (Å²) in [5.41, 5.74) is 1.48. The molecule has 0 aliphatic heterocycles. The topological polar surface area (TPSA) is 9.23 Å². The van der Waals surface area contributed by atoms with Gasteiger partial charge in [-0.05, 0) is 49.9 Å². The molecule has 2 heteroatoms. The van der Waals surface area contributed by atoms with E-state index in [9.17, 15) is 0 Å². The van der Waals surface area contributed by atoms with E-state index in [-0.39, 0.29) is 0 Å². The molecule has 1 aliphatic carbocycles. The Morgan fingerprint density at radius 3 is 2.33 bits per heavy atom. The second-order valence-electron chi connectivity index (χ2n) is 4.73. The second kappa shape index (κ2) is 5.85. The minimum atomic E-state index is -1.39. The Morgan fingerprint density at radius 2 is 1.87 bits per heavy atom. The summed E-state index contributed by atoms with van der Waals surface area (Å²) < 4.78 is 6.51. The zero-order chi connectivity index (χ0) is 11.3. The summed E-state index contributed by atoms with van der Waals surface area (Å²) >= 11 is 0. The molecule has 0 heterocycles. The summed E-state index contributed by atoms with van der Waals surface area (Å²) in [5.74, 6) is 0. The van der Waals surface area contributed by atoms with Crippen LogP contribution < -0.4 is 0 Å². The van der Waals surface area contributed by atoms with Crippen molar-refractivity contribution in [1.82, 2.24) is 0 Å². The number of hydrogen-bond acceptors (Lipinski definition) is 1. The first-order chi connectivity index (χ1) is 7.17. The molecule has 0 aromatic heterocycles. The van der Waals surface area contributed by atoms with Gasteiger partial charge in [0.1, 0.15) is 0 Å². The van der Waals surface area contributed by atoms with Gasteiger partial charge in [-0.2, -0.15) is 0 Å². The van der Waals surface area contributed by atoms with Crippen molar-refractivity contribution < 1.29 is 4.43 Å². The average Bonchev–Trinajstić information content (AvgIpc) is 2.29. The van der Waals surface area contributed by atoms with Crippen molar-refractivity contribution in [1.29, 1.82) is 0 Å². The third-order valence-corrected chi connectivity index (χ3v) is 8.62. The van der Waals surface area contributed by atoms with Gasteiger partial charge < -0.3 is 4.43 Å². The molecule has 1 nitrogen and oxygen atoms in total. The van der Waals surface area contributed by atoms with Gasteiger partial charge in [0.25, 0.3) is 0 Å². The molecule has 0 spiro atoms. The lowest BCUT2D eigenvalue weighted by molar-refractivity contribution is 0.202. The first-order valence-electron chi connectivity index (χ1n) is 6.52. The molecule has 0 saturated carbocycles. The molecule has 0 N–H and O–H groups in total. The van der Waals surface area contributed by atoms with Gasteiger partial charge in [0.2, 0.25) is 0 Å². The van der Waals surface area contributed by atoms with E-state index in [1.807, 2.05) is 0 Å². The molecule has 0 saturated heterocycles. The fraction of sp³-hybridized carbons (Fsp3) is 0.846. The van der Waals surface area contributed by atoms with E-state index in [0.29, 0.717) is 6.10 Å². The quantitative estimate of drug-likeness (QED) is 0.495. The van der Waals surface area contributed by atoms with E-state index >= 15 is 0 Å². The molecule has 0 unspecified atom stereocenters. The summed E-state index contributed by atoms with van der Waals surface area (Å²) in [6.45, 7) is 9.16. The molecule has 0 amide bonds. The normalized spacial score (nSPS) is 22.7. The summed E-state index contributed by atoms with van der Waals surface area (Å²) in [7, 11) is -1.39. The van der Waals surface area contributed by atoms with Crippen LogP contribution in [0.5, 0.6) is 0 Å². The third-order valence-electron chi connectivity index (χ3n) is 3.97. The highest BCUT2D eigenvalue weighted by Gasteiger charge is 2.32. The highest BCUT2D eigenvalue weighted by Crippen LogP contribution is 2.29. The molecule has 0 aromatic carbocycles. The van der Waals surface area contributed by atoms with E-state index in [1.54, 1.807) is 0 Å². The van der Waals surface area contributed by atoms with Crippen LogP contribution in [0.1, 0.15) is 47.0 Å². The average molecular weight is 226 g/mol. The number of hydrogen-bond donors (Lipinski definition) is 0. The molecular formula is C13H26OSi. The maximum absolute atomic E-state index is 6.51. The maximum Gasteiger partial charge on any atom is 0.192 e. The Balaban J connectivity index is 2.65. The Bertz CT molecular complexity index is 210. The maximum atomic E-state index is 6.51. The lowest BCUT2D eigenvalue weighted by Gasteiger charge is -2.35. The summed E-state index contributed by atoms with van der Waals surface area (Å²) in [5, 5.41) is 0. The van der Waals surface area contributed by atoms with E-state index in [1.165, 1.54) is 43.0 Å². The van der Waals surface area contributed by atoms with Crippen LogP contribution in [0, 0.1) is 0 Å². The zero-order valence-electron chi connectivity index (χ0n) is 10.8. The Labute approximate surface area is 96.0 Å². The van der Waals surface area contributed by atoms with Crippen LogP contribution >= 0.6 is 0 Å². The van der Waals surface area contributed by atoms with Gasteiger partial charge >= 0.3 is 0 Å². The minimum Gasteiger partial charge on any atom is -0.410 e. The van der Waals surface area contributed by atoms with Crippen molar-refractivity contribution in [2.45, 2.75) is 71.2 Å². The van der Waals surface area contributed by atoms with Gasteiger partial charge in [-0.1, -0.05) is 26.8 Å². The van der Waals surface area contributed by atoms with Crippen LogP contribution in [-0.4, -0.2) is 14.4 Å². The fourth-order valence-corrected chi connectivity index (χ4v) is 5.35. The van der Waals surface area contributed by atoms with E-state index in [0.717, 1.165) is 0 Å². The number of rotatable bonds is 5. The molecule has 1 rings (SSSR count). The predicted molar refractivity (Wildman–Crippen MR) is 69.7 cm³/mol. The van der Waals surface area contributed by atoms with Crippen LogP contribution in [0.15, 0.2) is 11.6 Å². The predicted octanol–water partition coefficient (Wildman–Crippen LogP) is 4.51. The molecule has 88 valence electrons. The summed E-state index contributed by atoms with van der Waals surface area (Å²) in [6, 6.07) is 3.80. The highest BCUT2D eigenvalue weighted by molar-refractivity contribution is 6.73. The SMILES string of the molecule is CC[Si](CC)(CC)O[C@@H]1CCCC=C1C. The molecule has 0 bridgehead atoms. The van der Waals surface area contributed by atoms with Crippen LogP contribution in [-0.2, 0) is 4.43 Å². The molecule has 0 radical (unpaired) electrons. The third kappa shape index (κ3) is 3.18. The molecular weight excluding hydrogens is 200 g/mol. The first-order valence-corrected chi connectivity index (χ1v) is 9.05. The van der Waals surface area contributed by atoms with Crippen LogP contribution in [0.3, 0.4) is 0 Å². The largest absolute Gasteiger partial charge is 0.410 e. The second-order valence-corrected chi connectivity index (χ2v) is 9.45. The van der Waals surface area contributed by atoms with Crippen molar-refractivity contribution in [2.24, 2.45) is 0 Å². The van der Waals surface area contributed by atoms with Gasteiger partial charge in [-0.25, -0.2) is 0 Å². The van der Waals surface area contributed by atoms with E-state index < -0.39 is 8.32 Å². The Kier molecular flexibility index (Phi) is 5.07.